The number of amides is 1. The average Bonchev–Trinajstić information content (AvgIpc) is 2.58. The van der Waals surface area contributed by atoms with E-state index in [0.717, 1.165) is 18.7 Å². The van der Waals surface area contributed by atoms with Crippen LogP contribution in [0.25, 0.3) is 0 Å². The molecule has 0 spiro atoms. The van der Waals surface area contributed by atoms with E-state index in [-0.39, 0.29) is 5.91 Å². The van der Waals surface area contributed by atoms with Crippen LogP contribution in [-0.2, 0) is 0 Å². The molecule has 1 saturated carbocycles. The molecule has 24 heavy (non-hydrogen) atoms. The Morgan fingerprint density at radius 1 is 1.08 bits per heavy atom. The van der Waals surface area contributed by atoms with Gasteiger partial charge in [0, 0.05) is 22.8 Å². The molecule has 1 aliphatic carbocycles. The van der Waals surface area contributed by atoms with E-state index in [4.69, 9.17) is 23.2 Å². The third-order valence-electron chi connectivity index (χ3n) is 4.16. The standard InChI is InChI=1S/C18H19Cl2N3O/c19-13-6-7-16(15(20)11-13)23-18(24)12-8-9-21-17(10-12)22-14-4-2-1-3-5-14/h6-11,14H,1-5H2,(H,21,22)(H,23,24). The van der Waals surface area contributed by atoms with Crippen molar-refractivity contribution in [2.24, 2.45) is 0 Å². The lowest BCUT2D eigenvalue weighted by atomic mass is 9.95. The minimum absolute atomic E-state index is 0.228. The minimum atomic E-state index is -0.228. The van der Waals surface area contributed by atoms with E-state index >= 15 is 0 Å². The molecule has 1 amide bonds. The zero-order valence-electron chi connectivity index (χ0n) is 13.2. The van der Waals surface area contributed by atoms with Gasteiger partial charge in [0.1, 0.15) is 5.82 Å². The molecule has 3 rings (SSSR count). The molecule has 1 aromatic heterocycles. The van der Waals surface area contributed by atoms with Gasteiger partial charge in [0.05, 0.1) is 10.7 Å². The second kappa shape index (κ2) is 7.86. The highest BCUT2D eigenvalue weighted by Crippen LogP contribution is 2.26. The number of hydrogen-bond acceptors (Lipinski definition) is 3. The van der Waals surface area contributed by atoms with Crippen LogP contribution in [0.2, 0.25) is 10.0 Å². The van der Waals surface area contributed by atoms with Crippen LogP contribution in [0.4, 0.5) is 11.5 Å². The van der Waals surface area contributed by atoms with E-state index in [1.54, 1.807) is 36.5 Å². The summed E-state index contributed by atoms with van der Waals surface area (Å²) in [6.07, 6.45) is 7.73. The fraction of sp³-hybridized carbons (Fsp3) is 0.333. The Kier molecular flexibility index (Phi) is 5.59. The molecular formula is C18H19Cl2N3O. The Labute approximate surface area is 151 Å². The largest absolute Gasteiger partial charge is 0.367 e. The predicted octanol–water partition coefficient (Wildman–Crippen LogP) is 5.39. The summed E-state index contributed by atoms with van der Waals surface area (Å²) in [7, 11) is 0. The molecule has 6 heteroatoms. The van der Waals surface area contributed by atoms with Gasteiger partial charge in [-0.3, -0.25) is 4.79 Å². The van der Waals surface area contributed by atoms with Gasteiger partial charge in [0.15, 0.2) is 0 Å². The van der Waals surface area contributed by atoms with Crippen molar-refractivity contribution < 1.29 is 4.79 Å². The van der Waals surface area contributed by atoms with E-state index in [9.17, 15) is 4.79 Å². The zero-order valence-corrected chi connectivity index (χ0v) is 14.7. The Balaban J connectivity index is 1.69. The molecule has 0 atom stereocenters. The average molecular weight is 364 g/mol. The zero-order chi connectivity index (χ0) is 16.9. The normalized spacial score (nSPS) is 15.1. The van der Waals surface area contributed by atoms with Gasteiger partial charge in [-0.25, -0.2) is 4.98 Å². The molecule has 0 saturated heterocycles. The molecule has 126 valence electrons. The molecule has 0 radical (unpaired) electrons. The van der Waals surface area contributed by atoms with Crippen LogP contribution < -0.4 is 10.6 Å². The van der Waals surface area contributed by atoms with Crippen molar-refractivity contribution in [1.29, 1.82) is 0 Å². The van der Waals surface area contributed by atoms with Crippen LogP contribution in [-0.4, -0.2) is 16.9 Å². The summed E-state index contributed by atoms with van der Waals surface area (Å²) in [5.41, 5.74) is 1.07. The smallest absolute Gasteiger partial charge is 0.255 e. The van der Waals surface area contributed by atoms with Gasteiger partial charge in [-0.1, -0.05) is 42.5 Å². The molecule has 4 nitrogen and oxygen atoms in total. The Bertz CT molecular complexity index is 730. The third-order valence-corrected chi connectivity index (χ3v) is 4.71. The summed E-state index contributed by atoms with van der Waals surface area (Å²) < 4.78 is 0. The predicted molar refractivity (Wildman–Crippen MR) is 99.1 cm³/mol. The van der Waals surface area contributed by atoms with Crippen molar-refractivity contribution >= 4 is 40.6 Å². The number of nitrogens with zero attached hydrogens (tertiary/aromatic N) is 1. The van der Waals surface area contributed by atoms with Crippen LogP contribution in [0.3, 0.4) is 0 Å². The van der Waals surface area contributed by atoms with Crippen LogP contribution in [0.15, 0.2) is 36.5 Å². The monoisotopic (exact) mass is 363 g/mol. The summed E-state index contributed by atoms with van der Waals surface area (Å²) in [5, 5.41) is 7.16. The highest BCUT2D eigenvalue weighted by atomic mass is 35.5. The summed E-state index contributed by atoms with van der Waals surface area (Å²) in [5.74, 6) is 0.505. The maximum atomic E-state index is 12.4. The number of anilines is 2. The van der Waals surface area contributed by atoms with Gasteiger partial charge >= 0.3 is 0 Å². The summed E-state index contributed by atoms with van der Waals surface area (Å²) in [6, 6.07) is 8.87. The highest BCUT2D eigenvalue weighted by molar-refractivity contribution is 6.36. The minimum Gasteiger partial charge on any atom is -0.367 e. The van der Waals surface area contributed by atoms with Crippen molar-refractivity contribution in [1.82, 2.24) is 4.98 Å². The Morgan fingerprint density at radius 3 is 2.62 bits per heavy atom. The molecule has 1 heterocycles. The van der Waals surface area contributed by atoms with Gasteiger partial charge in [-0.05, 0) is 43.2 Å². The summed E-state index contributed by atoms with van der Waals surface area (Å²) in [4.78, 5) is 16.8. The fourth-order valence-electron chi connectivity index (χ4n) is 2.89. The maximum absolute atomic E-state index is 12.4. The van der Waals surface area contributed by atoms with Gasteiger partial charge < -0.3 is 10.6 Å². The van der Waals surface area contributed by atoms with Gasteiger partial charge in [0.2, 0.25) is 0 Å². The van der Waals surface area contributed by atoms with Gasteiger partial charge in [0.25, 0.3) is 5.91 Å². The van der Waals surface area contributed by atoms with Crippen LogP contribution in [0, 0.1) is 0 Å². The van der Waals surface area contributed by atoms with Crippen molar-refractivity contribution in [2.75, 3.05) is 10.6 Å². The van der Waals surface area contributed by atoms with E-state index in [1.807, 2.05) is 0 Å². The molecule has 0 unspecified atom stereocenters. The number of aromatic nitrogens is 1. The van der Waals surface area contributed by atoms with Crippen molar-refractivity contribution in [2.45, 2.75) is 38.1 Å². The highest BCUT2D eigenvalue weighted by Gasteiger charge is 2.15. The Morgan fingerprint density at radius 2 is 1.88 bits per heavy atom. The first-order valence-corrected chi connectivity index (χ1v) is 8.86. The second-order valence-electron chi connectivity index (χ2n) is 5.99. The van der Waals surface area contributed by atoms with Crippen molar-refractivity contribution in [3.8, 4) is 0 Å². The quantitative estimate of drug-likeness (QED) is 0.765. The third kappa shape index (κ3) is 4.40. The molecule has 0 aliphatic heterocycles. The molecule has 1 fully saturated rings. The lowest BCUT2D eigenvalue weighted by Crippen LogP contribution is -2.23. The van der Waals surface area contributed by atoms with E-state index in [1.165, 1.54) is 19.3 Å². The first-order chi connectivity index (χ1) is 11.6. The van der Waals surface area contributed by atoms with E-state index in [0.29, 0.717) is 27.3 Å². The molecule has 2 aromatic rings. The topological polar surface area (TPSA) is 54.0 Å². The van der Waals surface area contributed by atoms with E-state index in [2.05, 4.69) is 15.6 Å². The number of rotatable bonds is 4. The van der Waals surface area contributed by atoms with Crippen LogP contribution in [0.5, 0.6) is 0 Å². The van der Waals surface area contributed by atoms with Crippen LogP contribution >= 0.6 is 23.2 Å². The summed E-state index contributed by atoms with van der Waals surface area (Å²) >= 11 is 12.0. The number of nitrogens with one attached hydrogen (secondary N) is 2. The number of hydrogen-bond donors (Lipinski definition) is 2. The second-order valence-corrected chi connectivity index (χ2v) is 6.83. The fourth-order valence-corrected chi connectivity index (χ4v) is 3.35. The lowest BCUT2D eigenvalue weighted by molar-refractivity contribution is 0.102. The lowest BCUT2D eigenvalue weighted by Gasteiger charge is -2.23. The van der Waals surface area contributed by atoms with Crippen LogP contribution in [0.1, 0.15) is 42.5 Å². The first kappa shape index (κ1) is 17.1. The first-order valence-electron chi connectivity index (χ1n) is 8.11. The summed E-state index contributed by atoms with van der Waals surface area (Å²) in [6.45, 7) is 0. The molecule has 2 N–H and O–H groups in total. The molecule has 0 bridgehead atoms. The van der Waals surface area contributed by atoms with Gasteiger partial charge in [-0.15, -0.1) is 0 Å². The number of halogens is 2. The number of carbonyl (C=O) groups excluding carboxylic acids is 1. The molecular weight excluding hydrogens is 345 g/mol. The number of pyridine rings is 1. The number of benzene rings is 1. The van der Waals surface area contributed by atoms with Crippen molar-refractivity contribution in [3.63, 3.8) is 0 Å². The molecule has 1 aromatic carbocycles. The SMILES string of the molecule is O=C(Nc1ccc(Cl)cc1Cl)c1ccnc(NC2CCCCC2)c1. The van der Waals surface area contributed by atoms with Gasteiger partial charge in [-0.2, -0.15) is 0 Å². The Hall–Kier alpha value is -1.78. The van der Waals surface area contributed by atoms with Crippen molar-refractivity contribution in [3.05, 3.63) is 52.1 Å². The van der Waals surface area contributed by atoms with E-state index < -0.39 is 0 Å². The number of carbonyl (C=O) groups is 1. The maximum Gasteiger partial charge on any atom is 0.255 e. The molecule has 1 aliphatic rings.